The van der Waals surface area contributed by atoms with Crippen molar-refractivity contribution in [3.05, 3.63) is 0 Å². The fourth-order valence-corrected chi connectivity index (χ4v) is 1.55. The van der Waals surface area contributed by atoms with Gasteiger partial charge in [0.15, 0.2) is 0 Å². The first-order chi connectivity index (χ1) is 7.72. The number of hydrogen-bond donors (Lipinski definition) is 3. The Hall–Kier alpha value is -0.300. The van der Waals surface area contributed by atoms with Crippen LogP contribution >= 0.6 is 11.8 Å². The third kappa shape index (κ3) is 8.96. The Morgan fingerprint density at radius 3 is 2.94 bits per heavy atom. The monoisotopic (exact) mass is 250 g/mol. The molecule has 0 rings (SSSR count). The van der Waals surface area contributed by atoms with Gasteiger partial charge in [-0.05, 0) is 24.9 Å². The van der Waals surface area contributed by atoms with Crippen LogP contribution in [0.3, 0.4) is 0 Å². The Morgan fingerprint density at radius 2 is 2.31 bits per heavy atom. The van der Waals surface area contributed by atoms with Crippen molar-refractivity contribution < 1.29 is 14.6 Å². The molecule has 0 radical (unpaired) electrons. The largest absolute Gasteiger partial charge is 0.394 e. The number of carbonyl (C=O) groups is 1. The van der Waals surface area contributed by atoms with Crippen LogP contribution in [0.2, 0.25) is 0 Å². The molecule has 0 aromatic carbocycles. The summed E-state index contributed by atoms with van der Waals surface area (Å²) in [4.78, 5) is 11.4. The number of thioether (sulfide) groups is 1. The summed E-state index contributed by atoms with van der Waals surface area (Å²) in [5.41, 5.74) is 5.68. The number of carbonyl (C=O) groups excluding carboxylic acids is 1. The Labute approximate surface area is 101 Å². The Kier molecular flexibility index (Phi) is 11.0. The first kappa shape index (κ1) is 15.7. The highest BCUT2D eigenvalue weighted by molar-refractivity contribution is 7.98. The normalized spacial score (nSPS) is 12.4. The van der Waals surface area contributed by atoms with Gasteiger partial charge in [-0.15, -0.1) is 0 Å². The van der Waals surface area contributed by atoms with Crippen molar-refractivity contribution in [1.82, 2.24) is 5.32 Å². The maximum absolute atomic E-state index is 11.4. The van der Waals surface area contributed by atoms with Crippen molar-refractivity contribution in [2.45, 2.75) is 18.9 Å². The lowest BCUT2D eigenvalue weighted by Crippen LogP contribution is -2.41. The molecule has 6 heteroatoms. The summed E-state index contributed by atoms with van der Waals surface area (Å²) < 4.78 is 5.05. The quantitative estimate of drug-likeness (QED) is 0.459. The van der Waals surface area contributed by atoms with Crippen molar-refractivity contribution in [2.24, 2.45) is 5.73 Å². The number of aliphatic hydroxyl groups is 1. The number of aliphatic hydroxyl groups excluding tert-OH is 1. The third-order valence-electron chi connectivity index (χ3n) is 1.97. The second kappa shape index (κ2) is 11.2. The van der Waals surface area contributed by atoms with Crippen LogP contribution in [0.4, 0.5) is 0 Å². The molecule has 16 heavy (non-hydrogen) atoms. The van der Waals surface area contributed by atoms with Gasteiger partial charge in [-0.3, -0.25) is 4.79 Å². The van der Waals surface area contributed by atoms with Crippen LogP contribution in [0.15, 0.2) is 0 Å². The molecule has 96 valence electrons. The van der Waals surface area contributed by atoms with Crippen LogP contribution < -0.4 is 11.1 Å². The maximum atomic E-state index is 11.4. The predicted octanol–water partition coefficient (Wildman–Crippen LogP) is -0.418. The van der Waals surface area contributed by atoms with E-state index in [0.717, 1.165) is 12.2 Å². The summed E-state index contributed by atoms with van der Waals surface area (Å²) in [5, 5.41) is 11.2. The fourth-order valence-electron chi connectivity index (χ4n) is 1.06. The molecule has 0 aliphatic rings. The molecule has 0 heterocycles. The van der Waals surface area contributed by atoms with Crippen molar-refractivity contribution in [1.29, 1.82) is 0 Å². The van der Waals surface area contributed by atoms with Gasteiger partial charge in [0.2, 0.25) is 5.91 Å². The molecule has 0 spiro atoms. The molecule has 4 N–H and O–H groups in total. The van der Waals surface area contributed by atoms with E-state index in [0.29, 0.717) is 26.2 Å². The minimum atomic E-state index is -0.411. The second-order valence-electron chi connectivity index (χ2n) is 3.37. The average Bonchev–Trinajstić information content (AvgIpc) is 2.30. The summed E-state index contributed by atoms with van der Waals surface area (Å²) in [7, 11) is 0. The minimum absolute atomic E-state index is 0.0336. The van der Waals surface area contributed by atoms with Gasteiger partial charge in [-0.1, -0.05) is 0 Å². The maximum Gasteiger partial charge on any atom is 0.236 e. The van der Waals surface area contributed by atoms with Gasteiger partial charge in [0.05, 0.1) is 19.3 Å². The van der Waals surface area contributed by atoms with Gasteiger partial charge in [0.1, 0.15) is 0 Å². The zero-order valence-corrected chi connectivity index (χ0v) is 10.6. The molecule has 0 fully saturated rings. The zero-order valence-electron chi connectivity index (χ0n) is 9.78. The first-order valence-corrected chi connectivity index (χ1v) is 6.82. The molecule has 0 bridgehead atoms. The highest BCUT2D eigenvalue weighted by Crippen LogP contribution is 1.98. The van der Waals surface area contributed by atoms with Gasteiger partial charge in [-0.2, -0.15) is 11.8 Å². The Morgan fingerprint density at radius 1 is 1.56 bits per heavy atom. The first-order valence-electron chi connectivity index (χ1n) is 5.43. The predicted molar refractivity (Wildman–Crippen MR) is 66.5 cm³/mol. The molecule has 1 atom stereocenters. The lowest BCUT2D eigenvalue weighted by Gasteiger charge is -2.11. The number of hydrogen-bond acceptors (Lipinski definition) is 5. The van der Waals surface area contributed by atoms with Gasteiger partial charge < -0.3 is 20.9 Å². The van der Waals surface area contributed by atoms with E-state index in [1.165, 1.54) is 0 Å². The molecule has 0 aliphatic heterocycles. The zero-order chi connectivity index (χ0) is 12.2. The van der Waals surface area contributed by atoms with E-state index in [2.05, 4.69) is 5.32 Å². The second-order valence-corrected chi connectivity index (χ2v) is 4.35. The minimum Gasteiger partial charge on any atom is -0.394 e. The van der Waals surface area contributed by atoms with Gasteiger partial charge in [0, 0.05) is 13.2 Å². The standard InChI is InChI=1S/C10H22N2O3S/c1-16-8-3-9(11)10(14)12-4-2-6-15-7-5-13/h9,13H,2-8,11H2,1H3,(H,12,14)/t9-/m0/s1. The molecular weight excluding hydrogens is 228 g/mol. The van der Waals surface area contributed by atoms with E-state index < -0.39 is 6.04 Å². The van der Waals surface area contributed by atoms with Crippen LogP contribution in [-0.4, -0.2) is 55.4 Å². The van der Waals surface area contributed by atoms with Crippen molar-refractivity contribution in [2.75, 3.05) is 38.4 Å². The lowest BCUT2D eigenvalue weighted by atomic mass is 10.2. The Balaban J connectivity index is 3.35. The number of nitrogens with two attached hydrogens (primary N) is 1. The van der Waals surface area contributed by atoms with E-state index >= 15 is 0 Å². The summed E-state index contributed by atoms with van der Waals surface area (Å²) >= 11 is 1.68. The molecule has 0 aromatic heterocycles. The highest BCUT2D eigenvalue weighted by Gasteiger charge is 2.11. The molecule has 0 aliphatic carbocycles. The van der Waals surface area contributed by atoms with Crippen molar-refractivity contribution >= 4 is 17.7 Å². The van der Waals surface area contributed by atoms with E-state index in [4.69, 9.17) is 15.6 Å². The van der Waals surface area contributed by atoms with Crippen molar-refractivity contribution in [3.8, 4) is 0 Å². The van der Waals surface area contributed by atoms with Gasteiger partial charge in [0.25, 0.3) is 0 Å². The topological polar surface area (TPSA) is 84.6 Å². The molecule has 5 nitrogen and oxygen atoms in total. The molecule has 0 saturated carbocycles. The summed E-state index contributed by atoms with van der Waals surface area (Å²) in [5.74, 6) is 0.796. The molecule has 0 aromatic rings. The Bertz CT molecular complexity index is 181. The smallest absolute Gasteiger partial charge is 0.236 e. The van der Waals surface area contributed by atoms with Crippen LogP contribution in [0.1, 0.15) is 12.8 Å². The lowest BCUT2D eigenvalue weighted by molar-refractivity contribution is -0.122. The van der Waals surface area contributed by atoms with Crippen molar-refractivity contribution in [3.63, 3.8) is 0 Å². The van der Waals surface area contributed by atoms with Gasteiger partial charge in [-0.25, -0.2) is 0 Å². The third-order valence-corrected chi connectivity index (χ3v) is 2.61. The van der Waals surface area contributed by atoms with E-state index in [9.17, 15) is 4.79 Å². The van der Waals surface area contributed by atoms with Gasteiger partial charge >= 0.3 is 0 Å². The number of amides is 1. The molecule has 0 saturated heterocycles. The van der Waals surface area contributed by atoms with Crippen LogP contribution in [-0.2, 0) is 9.53 Å². The van der Waals surface area contributed by atoms with E-state index in [1.54, 1.807) is 11.8 Å². The summed E-state index contributed by atoms with van der Waals surface area (Å²) in [6.45, 7) is 1.49. The molecule has 0 unspecified atom stereocenters. The highest BCUT2D eigenvalue weighted by atomic mass is 32.2. The average molecular weight is 250 g/mol. The number of nitrogens with one attached hydrogen (secondary N) is 1. The van der Waals surface area contributed by atoms with E-state index in [-0.39, 0.29) is 12.5 Å². The molecular formula is C10H22N2O3S. The fraction of sp³-hybridized carbons (Fsp3) is 0.900. The summed E-state index contributed by atoms with van der Waals surface area (Å²) in [6, 6.07) is -0.411. The van der Waals surface area contributed by atoms with Crippen LogP contribution in [0.5, 0.6) is 0 Å². The summed E-state index contributed by atoms with van der Waals surface area (Å²) in [6.07, 6.45) is 3.43. The number of rotatable bonds is 10. The SMILES string of the molecule is CSCC[C@H](N)C(=O)NCCCOCCO. The number of ether oxygens (including phenoxy) is 1. The van der Waals surface area contributed by atoms with Crippen LogP contribution in [0, 0.1) is 0 Å². The van der Waals surface area contributed by atoms with E-state index in [1.807, 2.05) is 6.26 Å². The molecule has 1 amide bonds. The van der Waals surface area contributed by atoms with Crippen LogP contribution in [0.25, 0.3) is 0 Å².